The van der Waals surface area contributed by atoms with Crippen LogP contribution in [0.4, 0.5) is 0 Å². The van der Waals surface area contributed by atoms with Gasteiger partial charge in [0.05, 0.1) is 13.2 Å². The minimum Gasteiger partial charge on any atom is -0.497 e. The highest BCUT2D eigenvalue weighted by molar-refractivity contribution is 5.29. The first kappa shape index (κ1) is 16.3. The zero-order chi connectivity index (χ0) is 15.1. The zero-order valence-electron chi connectivity index (χ0n) is 13.2. The van der Waals surface area contributed by atoms with Gasteiger partial charge in [0.15, 0.2) is 0 Å². The minimum absolute atomic E-state index is 0.436. The van der Waals surface area contributed by atoms with Gasteiger partial charge in [0.1, 0.15) is 5.75 Å². The number of benzene rings is 1. The van der Waals surface area contributed by atoms with Gasteiger partial charge in [-0.05, 0) is 69.6 Å². The van der Waals surface area contributed by atoms with E-state index < -0.39 is 6.10 Å². The van der Waals surface area contributed by atoms with Crippen LogP contribution in [0.5, 0.6) is 5.75 Å². The second kappa shape index (κ2) is 8.37. The molecule has 21 heavy (non-hydrogen) atoms. The first-order valence-corrected chi connectivity index (χ1v) is 7.92. The largest absolute Gasteiger partial charge is 0.497 e. The number of nitrogens with zero attached hydrogens (tertiary/aromatic N) is 1. The summed E-state index contributed by atoms with van der Waals surface area (Å²) in [5.74, 6) is 1.64. The van der Waals surface area contributed by atoms with Crippen LogP contribution in [0, 0.1) is 5.92 Å². The van der Waals surface area contributed by atoms with Crippen LogP contribution in [-0.2, 0) is 0 Å². The van der Waals surface area contributed by atoms with Gasteiger partial charge in [-0.25, -0.2) is 0 Å². The molecule has 4 heteroatoms. The number of piperidine rings is 1. The molecule has 0 bridgehead atoms. The van der Waals surface area contributed by atoms with Crippen LogP contribution in [0.2, 0.25) is 0 Å². The average molecular weight is 292 g/mol. The van der Waals surface area contributed by atoms with Crippen LogP contribution in [0.25, 0.3) is 0 Å². The Kier molecular flexibility index (Phi) is 6.49. The van der Waals surface area contributed by atoms with Crippen molar-refractivity contribution < 1.29 is 9.84 Å². The fraction of sp³-hybridized carbons (Fsp3) is 0.647. The first-order chi connectivity index (χ1) is 10.2. The van der Waals surface area contributed by atoms with Gasteiger partial charge < -0.3 is 20.1 Å². The summed E-state index contributed by atoms with van der Waals surface area (Å²) >= 11 is 0. The zero-order valence-corrected chi connectivity index (χ0v) is 13.2. The third-order valence-corrected chi connectivity index (χ3v) is 4.42. The quantitative estimate of drug-likeness (QED) is 0.807. The summed E-state index contributed by atoms with van der Waals surface area (Å²) in [6, 6.07) is 7.72. The lowest BCUT2D eigenvalue weighted by Crippen LogP contribution is -2.37. The van der Waals surface area contributed by atoms with Crippen LogP contribution < -0.4 is 10.1 Å². The third kappa shape index (κ3) is 4.99. The summed E-state index contributed by atoms with van der Waals surface area (Å²) < 4.78 is 5.22. The summed E-state index contributed by atoms with van der Waals surface area (Å²) in [6.45, 7) is 4.01. The molecular weight excluding hydrogens is 264 g/mol. The van der Waals surface area contributed by atoms with E-state index in [0.29, 0.717) is 6.54 Å². The summed E-state index contributed by atoms with van der Waals surface area (Å²) in [7, 11) is 3.67. The molecule has 1 atom stereocenters. The lowest BCUT2D eigenvalue weighted by atomic mass is 9.93. The molecule has 2 rings (SSSR count). The maximum absolute atomic E-state index is 10.4. The van der Waals surface area contributed by atoms with E-state index in [9.17, 15) is 5.11 Å². The summed E-state index contributed by atoms with van der Waals surface area (Å²) in [6.07, 6.45) is 3.32. The molecular formula is C17H28N2O2. The van der Waals surface area contributed by atoms with Crippen molar-refractivity contribution >= 4 is 0 Å². The van der Waals surface area contributed by atoms with E-state index in [2.05, 4.69) is 10.2 Å². The Bertz CT molecular complexity index is 417. The number of hydrogen-bond donors (Lipinski definition) is 2. The number of ether oxygens (including phenoxy) is 1. The predicted molar refractivity (Wildman–Crippen MR) is 85.7 cm³/mol. The molecule has 1 unspecified atom stereocenters. The van der Waals surface area contributed by atoms with Gasteiger partial charge in [-0.3, -0.25) is 0 Å². The molecule has 1 fully saturated rings. The van der Waals surface area contributed by atoms with E-state index in [1.165, 1.54) is 19.3 Å². The molecule has 0 saturated carbocycles. The Balaban J connectivity index is 1.79. The van der Waals surface area contributed by atoms with E-state index >= 15 is 0 Å². The molecule has 4 nitrogen and oxygen atoms in total. The molecule has 0 aromatic heterocycles. The fourth-order valence-electron chi connectivity index (χ4n) is 3.00. The highest BCUT2D eigenvalue weighted by Crippen LogP contribution is 2.24. The summed E-state index contributed by atoms with van der Waals surface area (Å²) in [5.41, 5.74) is 0.937. The van der Waals surface area contributed by atoms with Gasteiger partial charge in [-0.2, -0.15) is 0 Å². The van der Waals surface area contributed by atoms with E-state index in [1.54, 1.807) is 7.11 Å². The van der Waals surface area contributed by atoms with Crippen LogP contribution >= 0.6 is 0 Å². The second-order valence-electron chi connectivity index (χ2n) is 5.93. The van der Waals surface area contributed by atoms with Crippen molar-refractivity contribution in [3.05, 3.63) is 29.8 Å². The Hall–Kier alpha value is -1.10. The van der Waals surface area contributed by atoms with Crippen LogP contribution in [0.3, 0.4) is 0 Å². The molecule has 118 valence electrons. The van der Waals surface area contributed by atoms with Crippen LogP contribution in [0.1, 0.15) is 30.9 Å². The van der Waals surface area contributed by atoms with E-state index in [0.717, 1.165) is 36.9 Å². The molecule has 1 aliphatic rings. The van der Waals surface area contributed by atoms with Gasteiger partial charge in [-0.15, -0.1) is 0 Å². The third-order valence-electron chi connectivity index (χ3n) is 4.42. The van der Waals surface area contributed by atoms with Gasteiger partial charge in [0, 0.05) is 6.54 Å². The maximum atomic E-state index is 10.4. The molecule has 1 saturated heterocycles. The van der Waals surface area contributed by atoms with Crippen molar-refractivity contribution in [3.63, 3.8) is 0 Å². The second-order valence-corrected chi connectivity index (χ2v) is 5.93. The van der Waals surface area contributed by atoms with Gasteiger partial charge >= 0.3 is 0 Å². The first-order valence-electron chi connectivity index (χ1n) is 7.92. The molecule has 0 amide bonds. The minimum atomic E-state index is -0.436. The molecule has 2 N–H and O–H groups in total. The average Bonchev–Trinajstić information content (AvgIpc) is 2.54. The summed E-state index contributed by atoms with van der Waals surface area (Å²) in [5, 5.41) is 13.6. The molecule has 1 aliphatic heterocycles. The van der Waals surface area contributed by atoms with Crippen molar-refractivity contribution in [3.8, 4) is 5.75 Å². The van der Waals surface area contributed by atoms with Crippen molar-refractivity contribution in [1.82, 2.24) is 10.2 Å². The Morgan fingerprint density at radius 2 is 2.14 bits per heavy atom. The van der Waals surface area contributed by atoms with E-state index in [-0.39, 0.29) is 0 Å². The lowest BCUT2D eigenvalue weighted by molar-refractivity contribution is 0.0880. The Morgan fingerprint density at radius 1 is 1.38 bits per heavy atom. The molecule has 0 aliphatic carbocycles. The number of hydrogen-bond acceptors (Lipinski definition) is 4. The van der Waals surface area contributed by atoms with Crippen molar-refractivity contribution in [1.29, 1.82) is 0 Å². The monoisotopic (exact) mass is 292 g/mol. The Labute approximate surface area is 128 Å². The molecule has 0 spiro atoms. The normalized spacial score (nSPS) is 18.6. The number of aliphatic hydroxyl groups excluding tert-OH is 1. The Morgan fingerprint density at radius 3 is 2.81 bits per heavy atom. The fourth-order valence-corrected chi connectivity index (χ4v) is 3.00. The number of methoxy groups -OCH3 is 1. The molecule has 1 aromatic carbocycles. The maximum Gasteiger partial charge on any atom is 0.119 e. The van der Waals surface area contributed by atoms with Crippen molar-refractivity contribution in [2.45, 2.75) is 25.4 Å². The lowest BCUT2D eigenvalue weighted by Gasteiger charge is -2.33. The van der Waals surface area contributed by atoms with Crippen molar-refractivity contribution in [2.75, 3.05) is 40.3 Å². The SMILES string of the molecule is CNCCC1CCN(CC(O)c2cccc(OC)c2)CC1. The van der Waals surface area contributed by atoms with Gasteiger partial charge in [-0.1, -0.05) is 12.1 Å². The van der Waals surface area contributed by atoms with Crippen molar-refractivity contribution in [2.24, 2.45) is 5.92 Å². The predicted octanol–water partition coefficient (Wildman–Crippen LogP) is 2.05. The number of likely N-dealkylation sites (tertiary alicyclic amines) is 1. The highest BCUT2D eigenvalue weighted by atomic mass is 16.5. The van der Waals surface area contributed by atoms with Gasteiger partial charge in [0.25, 0.3) is 0 Å². The highest BCUT2D eigenvalue weighted by Gasteiger charge is 2.21. The smallest absolute Gasteiger partial charge is 0.119 e. The molecule has 0 radical (unpaired) electrons. The van der Waals surface area contributed by atoms with Gasteiger partial charge in [0.2, 0.25) is 0 Å². The topological polar surface area (TPSA) is 44.7 Å². The molecule has 1 aromatic rings. The number of β-amino-alcohol motifs (C(OH)–C–C–N with tert-alkyl or cyclic N) is 1. The number of nitrogens with one attached hydrogen (secondary N) is 1. The van der Waals surface area contributed by atoms with Crippen LogP contribution in [0.15, 0.2) is 24.3 Å². The van der Waals surface area contributed by atoms with Crippen LogP contribution in [-0.4, -0.2) is 50.3 Å². The standard InChI is InChI=1S/C17H28N2O2/c1-18-9-6-14-7-10-19(11-8-14)13-17(20)15-4-3-5-16(12-15)21-2/h3-5,12,14,17-18,20H,6-11,13H2,1-2H3. The summed E-state index contributed by atoms with van der Waals surface area (Å²) in [4.78, 5) is 2.38. The van der Waals surface area contributed by atoms with E-state index in [1.807, 2.05) is 31.3 Å². The van der Waals surface area contributed by atoms with E-state index in [4.69, 9.17) is 4.74 Å². The number of rotatable bonds is 7. The number of aliphatic hydroxyl groups is 1. The molecule has 1 heterocycles.